The van der Waals surface area contributed by atoms with Crippen LogP contribution in [0.4, 0.5) is 0 Å². The Labute approximate surface area is 545 Å². The van der Waals surface area contributed by atoms with Crippen LogP contribution in [0.5, 0.6) is 0 Å². The lowest BCUT2D eigenvalue weighted by Gasteiger charge is -2.76. The molecule has 19 rings (SSSR count). The molecular formula is C84H108N2O5. The van der Waals surface area contributed by atoms with Crippen LogP contribution in [0, 0.1) is 85.8 Å². The van der Waals surface area contributed by atoms with E-state index in [-0.39, 0.29) is 45.3 Å². The van der Waals surface area contributed by atoms with Gasteiger partial charge in [-0.25, -0.2) is 0 Å². The lowest BCUT2D eigenvalue weighted by atomic mass is 9.27. The van der Waals surface area contributed by atoms with Crippen LogP contribution in [-0.2, 0) is 35.2 Å². The van der Waals surface area contributed by atoms with Crippen molar-refractivity contribution >= 4 is 23.2 Å². The maximum Gasteiger partial charge on any atom is 0.306 e. The van der Waals surface area contributed by atoms with Crippen LogP contribution < -0.4 is 21.1 Å². The Kier molecular flexibility index (Phi) is 16.3. The summed E-state index contributed by atoms with van der Waals surface area (Å²) in [5.41, 5.74) is 13.8. The molecule has 0 saturated heterocycles. The first-order valence-electron chi connectivity index (χ1n) is 36.8. The zero-order chi connectivity index (χ0) is 62.7. The number of benzene rings is 3. The fourth-order valence-corrected chi connectivity index (χ4v) is 24.6. The molecule has 6 aliphatic heterocycles. The number of aliphatic hydroxyl groups excluding tert-OH is 2. The zero-order valence-corrected chi connectivity index (χ0v) is 56.0. The van der Waals surface area contributed by atoms with Crippen molar-refractivity contribution < 1.29 is 24.9 Å². The number of allylic oxidation sites excluding steroid dienone is 9. The molecule has 16 aliphatic rings. The van der Waals surface area contributed by atoms with E-state index < -0.39 is 34.9 Å². The number of aryl methyl sites for hydroxylation is 1. The van der Waals surface area contributed by atoms with E-state index in [1.807, 2.05) is 0 Å². The van der Waals surface area contributed by atoms with Crippen LogP contribution in [0.25, 0.3) is 17.2 Å². The third-order valence-electron chi connectivity index (χ3n) is 28.5. The Balaban J connectivity index is 0.934. The van der Waals surface area contributed by atoms with Crippen molar-refractivity contribution in [2.24, 2.45) is 85.8 Å². The molecule has 13 atom stereocenters. The molecule has 0 aromatic heterocycles. The van der Waals surface area contributed by atoms with Gasteiger partial charge in [0.15, 0.2) is 0 Å². The molecule has 3 spiro atoms. The number of carbonyl (C=O) groups is 1. The van der Waals surface area contributed by atoms with Crippen LogP contribution in [0.2, 0.25) is 0 Å². The van der Waals surface area contributed by atoms with Crippen molar-refractivity contribution in [2.75, 3.05) is 26.8 Å². The number of aliphatic hydroxyl groups is 2. The average molecular weight is 1230 g/mol. The molecule has 484 valence electrons. The summed E-state index contributed by atoms with van der Waals surface area (Å²) in [6.07, 6.45) is 40.7. The molecule has 0 unspecified atom stereocenters. The Hall–Kier alpha value is -5.21. The summed E-state index contributed by atoms with van der Waals surface area (Å²) in [5.74, 6) is 1.91. The molecule has 0 amide bonds. The van der Waals surface area contributed by atoms with Gasteiger partial charge in [-0.05, 0) is 255 Å². The maximum absolute atomic E-state index is 14.8. The summed E-state index contributed by atoms with van der Waals surface area (Å²) >= 11 is 0. The van der Waals surface area contributed by atoms with Crippen LogP contribution in [0.15, 0.2) is 132 Å². The standard InChI is InChI=1S/C84H108N2O5/c1-53(2)21-27-60-17-11-19-65-67(60)48-70-69-49-81-37-13-36-79(4)74(88)34-41-83(70,78(79)81)71-47-63-33-40-82(38-31-57(32-39-82)44-56-25-23-55(24-26-56)35-43-91-6)84(72(71)50-81)51-73(87)76(80(63,84)5)66(77(89)90)29-22-54(3)64(59-15-8-7-9-16-59)20-12-42-85-75-30-28-62(52-86-75)61-18-10-14-58(45-61)46-68(65)69/h10-11,13-14,17-19,23-26,28,30,37,45,48-49,53,57,59,63-64,66,70,73-74,76,78,85-88H,3,7-9,12,15-16,20-22,27,29,31-36,38-44,46-47,50-52H2,1-2,4-6H3,(H,89,90)/t57?,63-,64+,66+,70+,73+,74-,76-,78+,79+,80+,81+,82?,83-,84+/m0/s1. The molecular weight excluding hydrogens is 1120 g/mol. The van der Waals surface area contributed by atoms with Gasteiger partial charge >= 0.3 is 5.97 Å². The Bertz CT molecular complexity index is 3620. The summed E-state index contributed by atoms with van der Waals surface area (Å²) in [6.45, 7) is 17.2. The number of carboxylic acid groups (broad SMARTS) is 1. The lowest BCUT2D eigenvalue weighted by molar-refractivity contribution is -0.198. The zero-order valence-electron chi connectivity index (χ0n) is 56.0. The second kappa shape index (κ2) is 23.9. The molecule has 7 nitrogen and oxygen atoms in total. The molecule has 5 N–H and O–H groups in total. The predicted molar refractivity (Wildman–Crippen MR) is 369 cm³/mol. The topological polar surface area (TPSA) is 111 Å². The number of rotatable bonds is 10. The highest BCUT2D eigenvalue weighted by molar-refractivity contribution is 5.78. The number of nitrogens with one attached hydrogen (secondary N) is 2. The van der Waals surface area contributed by atoms with Crippen LogP contribution >= 0.6 is 0 Å². The monoisotopic (exact) mass is 1220 g/mol. The van der Waals surface area contributed by atoms with Gasteiger partial charge in [0, 0.05) is 53.7 Å². The summed E-state index contributed by atoms with van der Waals surface area (Å²) < 4.78 is 5.45. The molecule has 7 heteroatoms. The SMILES string of the molecule is C=C1CC[C@@H](C(=O)O)[C@H]2[C@H](O)C[C@]34C5=C(C[C@H](CCC36CCC(Cc3ccc(CCOC)cc3)CC6)[C@]24C)[C@]23CC[C@H](O)[C@@]4(C)CC=C[C@@](C=C6C(=c7cccc(CCC(C)C)c7=C[C@H]62)Cc2cccc(c2)C2=CC=C(NCCC[C@H]1C1CCCCC1)NC2)(C5)[C@@H]43. The van der Waals surface area contributed by atoms with Crippen LogP contribution in [0.1, 0.15) is 197 Å². The maximum atomic E-state index is 14.8. The molecule has 3 aromatic rings. The minimum Gasteiger partial charge on any atom is -0.481 e. The van der Waals surface area contributed by atoms with E-state index in [9.17, 15) is 20.1 Å². The van der Waals surface area contributed by atoms with Crippen molar-refractivity contribution in [1.29, 1.82) is 0 Å². The van der Waals surface area contributed by atoms with Gasteiger partial charge < -0.3 is 30.7 Å². The Morgan fingerprint density at radius 3 is 2.40 bits per heavy atom. The molecule has 5 saturated carbocycles. The molecule has 0 radical (unpaired) electrons. The number of dihydropyridines is 1. The van der Waals surface area contributed by atoms with Gasteiger partial charge in [-0.2, -0.15) is 0 Å². The average Bonchev–Trinajstić information content (AvgIpc) is 1.63. The number of methoxy groups -OCH3 is 1. The largest absolute Gasteiger partial charge is 0.481 e. The molecule has 3 aromatic carbocycles. The number of carboxylic acids is 1. The van der Waals surface area contributed by atoms with Gasteiger partial charge in [0.05, 0.1) is 30.6 Å². The van der Waals surface area contributed by atoms with Gasteiger partial charge in [-0.3, -0.25) is 4.79 Å². The van der Waals surface area contributed by atoms with Crippen molar-refractivity contribution in [3.05, 3.63) is 170 Å². The third-order valence-corrected chi connectivity index (χ3v) is 28.5. The van der Waals surface area contributed by atoms with Gasteiger partial charge in [0.1, 0.15) is 0 Å². The number of hydrogen-bond donors (Lipinski definition) is 5. The molecule has 10 aliphatic carbocycles. The normalized spacial score (nSPS) is 38.4. The second-order valence-corrected chi connectivity index (χ2v) is 33.1. The van der Waals surface area contributed by atoms with Crippen molar-refractivity contribution in [2.45, 2.75) is 207 Å². The van der Waals surface area contributed by atoms with Gasteiger partial charge in [-0.15, -0.1) is 0 Å². The predicted octanol–water partition coefficient (Wildman–Crippen LogP) is 15.7. The summed E-state index contributed by atoms with van der Waals surface area (Å²) in [4.78, 5) is 14.8. The number of aliphatic carboxylic acids is 1. The van der Waals surface area contributed by atoms with Gasteiger partial charge in [0.2, 0.25) is 0 Å². The first kappa shape index (κ1) is 61.9. The summed E-state index contributed by atoms with van der Waals surface area (Å²) in [7, 11) is 1.79. The third kappa shape index (κ3) is 9.86. The smallest absolute Gasteiger partial charge is 0.306 e. The first-order chi connectivity index (χ1) is 44.0. The summed E-state index contributed by atoms with van der Waals surface area (Å²) in [6, 6.07) is 26.1. The van der Waals surface area contributed by atoms with Gasteiger partial charge in [0.25, 0.3) is 0 Å². The Morgan fingerprint density at radius 1 is 0.835 bits per heavy atom. The van der Waals surface area contributed by atoms with Crippen LogP contribution in [-0.4, -0.2) is 60.3 Å². The summed E-state index contributed by atoms with van der Waals surface area (Å²) in [5, 5.41) is 49.3. The minimum absolute atomic E-state index is 0.0860. The first-order valence-corrected chi connectivity index (χ1v) is 36.8. The van der Waals surface area contributed by atoms with E-state index in [0.29, 0.717) is 42.9 Å². The van der Waals surface area contributed by atoms with Crippen LogP contribution in [0.3, 0.4) is 0 Å². The van der Waals surface area contributed by atoms with E-state index >= 15 is 0 Å². The van der Waals surface area contributed by atoms with E-state index in [1.54, 1.807) is 18.3 Å². The fraction of sp³-hybridized carbons (Fsp3) is 0.607. The highest BCUT2D eigenvalue weighted by atomic mass is 16.5. The second-order valence-electron chi connectivity index (χ2n) is 33.1. The van der Waals surface area contributed by atoms with Crippen molar-refractivity contribution in [3.8, 4) is 0 Å². The molecule has 15 bridgehead atoms. The lowest BCUT2D eigenvalue weighted by Crippen LogP contribution is -2.70. The van der Waals surface area contributed by atoms with Crippen molar-refractivity contribution in [3.63, 3.8) is 0 Å². The highest BCUT2D eigenvalue weighted by Gasteiger charge is 2.80. The number of fused-ring (bicyclic) bond motifs is 1. The molecule has 6 heterocycles. The van der Waals surface area contributed by atoms with Crippen molar-refractivity contribution in [1.82, 2.24) is 10.6 Å². The fourth-order valence-electron chi connectivity index (χ4n) is 24.6. The van der Waals surface area contributed by atoms with E-state index in [4.69, 9.17) is 11.3 Å². The van der Waals surface area contributed by atoms with Gasteiger partial charge in [-0.1, -0.05) is 167 Å². The van der Waals surface area contributed by atoms with E-state index in [0.717, 1.165) is 141 Å². The minimum atomic E-state index is -0.735. The van der Waals surface area contributed by atoms with E-state index in [2.05, 4.69) is 142 Å². The number of hydrogen-bond acceptors (Lipinski definition) is 6. The molecule has 91 heavy (non-hydrogen) atoms. The highest BCUT2D eigenvalue weighted by Crippen LogP contribution is 2.86. The number of ether oxygens (including phenoxy) is 1. The Morgan fingerprint density at radius 2 is 1.63 bits per heavy atom. The van der Waals surface area contributed by atoms with E-state index in [1.165, 1.54) is 92.7 Å². The molecule has 5 fully saturated rings. The quantitative estimate of drug-likeness (QED) is 0.129.